The summed E-state index contributed by atoms with van der Waals surface area (Å²) in [6.07, 6.45) is 0. The molecule has 8 rings (SSSR count). The maximum Gasteiger partial charge on any atom is 0.0307 e. The predicted molar refractivity (Wildman–Crippen MR) is 212 cm³/mol. The Morgan fingerprint density at radius 3 is 0.700 bits per heavy atom. The predicted octanol–water partition coefficient (Wildman–Crippen LogP) is 7.05. The van der Waals surface area contributed by atoms with Crippen LogP contribution in [0.4, 0.5) is 0 Å². The summed E-state index contributed by atoms with van der Waals surface area (Å²) in [5.41, 5.74) is 5.33. The molecule has 6 heteroatoms. The monoisotopic (exact) mass is 1060 g/mol. The summed E-state index contributed by atoms with van der Waals surface area (Å²) in [7, 11) is 2.17. The Labute approximate surface area is 357 Å². The van der Waals surface area contributed by atoms with E-state index in [1.165, 1.54) is 65.3 Å². The van der Waals surface area contributed by atoms with Crippen molar-refractivity contribution >= 4 is 62.1 Å². The molecule has 0 saturated carbocycles. The van der Waals surface area contributed by atoms with Gasteiger partial charge in [0.2, 0.25) is 0 Å². The van der Waals surface area contributed by atoms with Crippen LogP contribution in [0.25, 0.3) is 43.1 Å². The van der Waals surface area contributed by atoms with E-state index in [0.29, 0.717) is 0 Å². The average Bonchev–Trinajstić information content (AvgIpc) is 3.85. The molecule has 0 heterocycles. The number of benzene rings is 4. The minimum atomic E-state index is 0. The molecule has 0 bridgehead atoms. The molecule has 0 aliphatic heterocycles. The van der Waals surface area contributed by atoms with Gasteiger partial charge in [0.1, 0.15) is 0 Å². The van der Waals surface area contributed by atoms with Gasteiger partial charge < -0.3 is 24.8 Å². The summed E-state index contributed by atoms with van der Waals surface area (Å²) >= 11 is 0. The first-order chi connectivity index (χ1) is 22.3. The molecule has 0 nitrogen and oxygen atoms in total. The van der Waals surface area contributed by atoms with E-state index in [4.69, 9.17) is 0 Å². The molecule has 0 aliphatic carbocycles. The largest absolute Gasteiger partial charge is 1.00 e. The zero-order chi connectivity index (χ0) is 33.3. The van der Waals surface area contributed by atoms with Gasteiger partial charge in [0.05, 0.1) is 0 Å². The zero-order valence-electron chi connectivity index (χ0n) is 30.6. The van der Waals surface area contributed by atoms with Gasteiger partial charge in [0.15, 0.2) is 0 Å². The summed E-state index contributed by atoms with van der Waals surface area (Å²) in [6.45, 7) is 17.1. The summed E-state index contributed by atoms with van der Waals surface area (Å²) in [6, 6.07) is 51.5. The molecule has 8 aromatic carbocycles. The fourth-order valence-corrected chi connectivity index (χ4v) is 4.98. The fraction of sp³-hybridized carbons (Fsp3) is 0.182. The average molecular weight is 1060 g/mol. The number of fused-ring (bicyclic) bond motifs is 4. The third-order valence-electron chi connectivity index (χ3n) is 7.18. The summed E-state index contributed by atoms with van der Waals surface area (Å²) in [5, 5.41) is 10.7. The molecule has 260 valence electrons. The second-order valence-electron chi connectivity index (χ2n) is 11.6. The quantitative estimate of drug-likeness (QED) is 0.113. The number of aryl methyl sites for hydroxylation is 4. The first-order valence-corrected chi connectivity index (χ1v) is 19.9. The van der Waals surface area contributed by atoms with Crippen molar-refractivity contribution < 1.29 is 76.5 Å². The van der Waals surface area contributed by atoms with Crippen molar-refractivity contribution in [3.63, 3.8) is 0 Å². The molecule has 0 atom stereocenters. The van der Waals surface area contributed by atoms with Crippen molar-refractivity contribution in [1.29, 1.82) is 0 Å². The molecule has 0 saturated heterocycles. The minimum absolute atomic E-state index is 0. The molecular formula is C44H48Cl2Hf2Si2-6. The number of hydrogen-bond donors (Lipinski definition) is 0. The summed E-state index contributed by atoms with van der Waals surface area (Å²) in [4.78, 5) is 0. The molecule has 0 aliphatic rings. The molecule has 0 amide bonds. The fourth-order valence-electron chi connectivity index (χ4n) is 4.98. The van der Waals surface area contributed by atoms with Crippen LogP contribution < -0.4 is 24.8 Å². The third kappa shape index (κ3) is 17.1. The molecular weight excluding hydrogens is 1010 g/mol. The van der Waals surface area contributed by atoms with Gasteiger partial charge >= 0.3 is 0 Å². The van der Waals surface area contributed by atoms with E-state index in [-0.39, 0.29) is 76.5 Å². The third-order valence-corrected chi connectivity index (χ3v) is 7.18. The minimum Gasteiger partial charge on any atom is -1.00 e. The van der Waals surface area contributed by atoms with E-state index in [0.717, 1.165) is 19.0 Å². The second kappa shape index (κ2) is 27.7. The van der Waals surface area contributed by atoms with Crippen molar-refractivity contribution in [3.05, 3.63) is 168 Å². The summed E-state index contributed by atoms with van der Waals surface area (Å²) in [5.74, 6) is 0. The van der Waals surface area contributed by atoms with Crippen molar-refractivity contribution in [3.8, 4) is 0 Å². The van der Waals surface area contributed by atoms with Gasteiger partial charge in [0, 0.05) is 70.7 Å². The van der Waals surface area contributed by atoms with Gasteiger partial charge in [-0.1, -0.05) is 48.4 Å². The van der Waals surface area contributed by atoms with Crippen LogP contribution in [0.15, 0.2) is 146 Å². The van der Waals surface area contributed by atoms with Crippen LogP contribution in [0.1, 0.15) is 22.3 Å². The van der Waals surface area contributed by atoms with Gasteiger partial charge in [-0.3, -0.25) is 0 Å². The Kier molecular flexibility index (Phi) is 27.8. The van der Waals surface area contributed by atoms with Crippen molar-refractivity contribution in [1.82, 2.24) is 0 Å². The van der Waals surface area contributed by atoms with E-state index < -0.39 is 0 Å². The van der Waals surface area contributed by atoms with Gasteiger partial charge in [0.25, 0.3) is 0 Å². The first kappa shape index (κ1) is 50.2. The standard InChI is InChI=1S/4C10H9.2C2H6Si.2ClH.2Hf/c4*1-8-5-6-9-3-2-4-10(9)7-8;2*1-3-2;;;;/h4*2-7H,1H3;2*1-2H3;2*1H;;/q4*-1;;;;;;/p-2. The SMILES string of the molecule is C[Si]C.C[Si]C.Cc1ccc2[cH-]ccc2c1.Cc1ccc2[cH-]ccc2c1.Cc1ccc2[cH-]ccc2c1.Cc1ccc2[cH-]ccc2c1.[Cl-].[Cl-].[Hf].[Hf]. The topological polar surface area (TPSA) is 0 Å². The normalized spacial score (nSPS) is 9.12. The Bertz CT molecular complexity index is 1720. The van der Waals surface area contributed by atoms with Gasteiger partial charge in [-0.25, -0.2) is 0 Å². The van der Waals surface area contributed by atoms with Crippen LogP contribution in [-0.4, -0.2) is 19.0 Å². The Morgan fingerprint density at radius 1 is 0.340 bits per heavy atom. The zero-order valence-corrected chi connectivity index (χ0v) is 41.3. The maximum absolute atomic E-state index is 2.20. The van der Waals surface area contributed by atoms with Crippen molar-refractivity contribution in [2.75, 3.05) is 0 Å². The molecule has 4 radical (unpaired) electrons. The summed E-state index contributed by atoms with van der Waals surface area (Å²) < 4.78 is 0. The number of rotatable bonds is 0. The van der Waals surface area contributed by atoms with Gasteiger partial charge in [-0.15, -0.1) is 119 Å². The smallest absolute Gasteiger partial charge is 0.0307 e. The van der Waals surface area contributed by atoms with Crippen LogP contribution in [0.2, 0.25) is 26.2 Å². The van der Waals surface area contributed by atoms with E-state index in [9.17, 15) is 0 Å². The van der Waals surface area contributed by atoms with E-state index in [2.05, 4.69) is 199 Å². The van der Waals surface area contributed by atoms with Crippen LogP contribution in [0, 0.1) is 27.7 Å². The molecule has 0 N–H and O–H groups in total. The first-order valence-electron chi connectivity index (χ1n) is 15.9. The molecule has 0 spiro atoms. The molecule has 0 unspecified atom stereocenters. The molecule has 0 fully saturated rings. The van der Waals surface area contributed by atoms with Crippen molar-refractivity contribution in [2.24, 2.45) is 0 Å². The molecule has 8 aromatic rings. The molecule has 50 heavy (non-hydrogen) atoms. The Balaban J connectivity index is 0. The van der Waals surface area contributed by atoms with E-state index in [1.807, 2.05) is 0 Å². The Hall–Kier alpha value is -1.93. The second-order valence-corrected chi connectivity index (χ2v) is 13.6. The maximum atomic E-state index is 2.20. The van der Waals surface area contributed by atoms with Gasteiger partial charge in [-0.2, -0.15) is 70.1 Å². The van der Waals surface area contributed by atoms with Crippen LogP contribution in [0.5, 0.6) is 0 Å². The van der Waals surface area contributed by atoms with Crippen LogP contribution >= 0.6 is 0 Å². The number of halogens is 2. The van der Waals surface area contributed by atoms with Crippen molar-refractivity contribution in [2.45, 2.75) is 53.9 Å². The van der Waals surface area contributed by atoms with E-state index in [1.54, 1.807) is 0 Å². The van der Waals surface area contributed by atoms with E-state index >= 15 is 0 Å². The van der Waals surface area contributed by atoms with Gasteiger partial charge in [-0.05, 0) is 27.7 Å². The molecule has 0 aromatic heterocycles. The number of hydrogen-bond acceptors (Lipinski definition) is 0. The van der Waals surface area contributed by atoms with Crippen LogP contribution in [-0.2, 0) is 51.7 Å². The Morgan fingerprint density at radius 2 is 0.520 bits per heavy atom. The van der Waals surface area contributed by atoms with Crippen LogP contribution in [0.3, 0.4) is 0 Å².